The van der Waals surface area contributed by atoms with Crippen molar-refractivity contribution in [1.29, 1.82) is 0 Å². The van der Waals surface area contributed by atoms with E-state index in [9.17, 15) is 8.42 Å². The molecule has 0 aliphatic heterocycles. The summed E-state index contributed by atoms with van der Waals surface area (Å²) in [6, 6.07) is 5.64. The van der Waals surface area contributed by atoms with Crippen molar-refractivity contribution in [2.75, 3.05) is 31.2 Å². The van der Waals surface area contributed by atoms with Crippen LogP contribution in [0.3, 0.4) is 0 Å². The van der Waals surface area contributed by atoms with Gasteiger partial charge in [0.1, 0.15) is 5.82 Å². The van der Waals surface area contributed by atoms with Crippen LogP contribution in [0.15, 0.2) is 24.4 Å². The number of hydrogen-bond donors (Lipinski definition) is 1. The number of anilines is 1. The summed E-state index contributed by atoms with van der Waals surface area (Å²) in [4.78, 5) is 4.12. The summed E-state index contributed by atoms with van der Waals surface area (Å²) in [7, 11) is -3.07. The van der Waals surface area contributed by atoms with Gasteiger partial charge in [-0.1, -0.05) is 13.0 Å². The van der Waals surface area contributed by atoms with Crippen LogP contribution in [0.5, 0.6) is 0 Å². The average molecular weight is 257 g/mol. The lowest BCUT2D eigenvalue weighted by Crippen LogP contribution is -2.31. The second-order valence-corrected chi connectivity index (χ2v) is 5.73. The predicted octanol–water partition coefficient (Wildman–Crippen LogP) is 1.17. The second-order valence-electron chi connectivity index (χ2n) is 3.75. The van der Waals surface area contributed by atoms with Crippen LogP contribution in [0.4, 0.5) is 5.82 Å². The zero-order valence-corrected chi connectivity index (χ0v) is 11.1. The summed E-state index contributed by atoms with van der Waals surface area (Å²) in [6.45, 7) is 3.61. The van der Waals surface area contributed by atoms with Gasteiger partial charge in [0.15, 0.2) is 0 Å². The van der Waals surface area contributed by atoms with Gasteiger partial charge in [0.05, 0.1) is 6.26 Å². The van der Waals surface area contributed by atoms with Crippen LogP contribution in [0.1, 0.15) is 13.3 Å². The maximum absolute atomic E-state index is 11.3. The Morgan fingerprint density at radius 1 is 1.41 bits per heavy atom. The molecule has 0 saturated carbocycles. The van der Waals surface area contributed by atoms with Crippen LogP contribution >= 0.6 is 0 Å². The van der Waals surface area contributed by atoms with Gasteiger partial charge < -0.3 is 5.32 Å². The zero-order valence-electron chi connectivity index (χ0n) is 10.3. The minimum atomic E-state index is -3.07. The molecule has 0 aliphatic carbocycles. The Balaban J connectivity index is 2.29. The highest BCUT2D eigenvalue weighted by Crippen LogP contribution is 2.02. The molecule has 5 nitrogen and oxygen atoms in total. The minimum Gasteiger partial charge on any atom is -0.370 e. The van der Waals surface area contributed by atoms with Gasteiger partial charge in [-0.25, -0.2) is 17.7 Å². The second kappa shape index (κ2) is 6.56. The minimum absolute atomic E-state index is 0.516. The van der Waals surface area contributed by atoms with E-state index in [1.165, 1.54) is 10.6 Å². The van der Waals surface area contributed by atoms with E-state index in [0.29, 0.717) is 19.6 Å². The first-order valence-corrected chi connectivity index (χ1v) is 7.49. The molecule has 17 heavy (non-hydrogen) atoms. The third-order valence-electron chi connectivity index (χ3n) is 2.38. The largest absolute Gasteiger partial charge is 0.370 e. The summed E-state index contributed by atoms with van der Waals surface area (Å²) in [5.41, 5.74) is 0. The molecule has 0 atom stereocenters. The third kappa shape index (κ3) is 5.14. The first-order valence-electron chi connectivity index (χ1n) is 5.64. The molecule has 0 bridgehead atoms. The fourth-order valence-corrected chi connectivity index (χ4v) is 2.43. The maximum atomic E-state index is 11.3. The topological polar surface area (TPSA) is 62.3 Å². The zero-order chi connectivity index (χ0) is 12.7. The number of sulfonamides is 1. The van der Waals surface area contributed by atoms with Crippen LogP contribution in [0, 0.1) is 0 Å². The molecule has 0 fully saturated rings. The number of pyridine rings is 1. The van der Waals surface area contributed by atoms with Gasteiger partial charge in [-0.2, -0.15) is 0 Å². The number of nitrogens with one attached hydrogen (secondary N) is 1. The standard InChI is InChI=1S/C11H19N3O2S/c1-3-14(17(2,15)16)10-6-9-13-11-7-4-5-8-12-11/h4-5,7-8H,3,6,9-10H2,1-2H3,(H,12,13). The van der Waals surface area contributed by atoms with Crippen LogP contribution in [0.2, 0.25) is 0 Å². The van der Waals surface area contributed by atoms with Crippen LogP contribution in [0.25, 0.3) is 0 Å². The Labute approximate surface area is 103 Å². The Morgan fingerprint density at radius 2 is 2.18 bits per heavy atom. The molecule has 0 spiro atoms. The molecular formula is C11H19N3O2S. The number of aromatic nitrogens is 1. The fraction of sp³-hybridized carbons (Fsp3) is 0.545. The van der Waals surface area contributed by atoms with Crippen molar-refractivity contribution >= 4 is 15.8 Å². The van der Waals surface area contributed by atoms with E-state index in [1.54, 1.807) is 6.20 Å². The Morgan fingerprint density at radius 3 is 2.71 bits per heavy atom. The maximum Gasteiger partial charge on any atom is 0.211 e. The van der Waals surface area contributed by atoms with Crippen LogP contribution in [-0.4, -0.2) is 43.6 Å². The molecule has 1 aromatic heterocycles. The van der Waals surface area contributed by atoms with E-state index in [0.717, 1.165) is 12.2 Å². The number of rotatable bonds is 7. The molecular weight excluding hydrogens is 238 g/mol. The highest BCUT2D eigenvalue weighted by atomic mass is 32.2. The number of nitrogens with zero attached hydrogens (tertiary/aromatic N) is 2. The van der Waals surface area contributed by atoms with Crippen molar-refractivity contribution in [3.8, 4) is 0 Å². The Hall–Kier alpha value is -1.14. The van der Waals surface area contributed by atoms with Gasteiger partial charge in [0, 0.05) is 25.8 Å². The van der Waals surface area contributed by atoms with Crippen LogP contribution < -0.4 is 5.32 Å². The van der Waals surface area contributed by atoms with Crippen molar-refractivity contribution < 1.29 is 8.42 Å². The molecule has 0 radical (unpaired) electrons. The van der Waals surface area contributed by atoms with Crippen molar-refractivity contribution in [2.45, 2.75) is 13.3 Å². The van der Waals surface area contributed by atoms with Crippen molar-refractivity contribution in [1.82, 2.24) is 9.29 Å². The molecule has 1 aromatic rings. The number of hydrogen-bond acceptors (Lipinski definition) is 4. The third-order valence-corrected chi connectivity index (χ3v) is 3.76. The summed E-state index contributed by atoms with van der Waals surface area (Å²) in [5, 5.41) is 3.14. The predicted molar refractivity (Wildman–Crippen MR) is 69.4 cm³/mol. The monoisotopic (exact) mass is 257 g/mol. The summed E-state index contributed by atoms with van der Waals surface area (Å²) in [5.74, 6) is 0.815. The molecule has 0 amide bonds. The summed E-state index contributed by atoms with van der Waals surface area (Å²) < 4.78 is 24.1. The van der Waals surface area contributed by atoms with Crippen molar-refractivity contribution in [3.63, 3.8) is 0 Å². The van der Waals surface area contributed by atoms with Gasteiger partial charge >= 0.3 is 0 Å². The SMILES string of the molecule is CCN(CCCNc1ccccn1)S(C)(=O)=O. The van der Waals surface area contributed by atoms with Gasteiger partial charge in [0.25, 0.3) is 0 Å². The van der Waals surface area contributed by atoms with Gasteiger partial charge in [-0.3, -0.25) is 0 Å². The van der Waals surface area contributed by atoms with E-state index in [2.05, 4.69) is 10.3 Å². The first kappa shape index (κ1) is 13.9. The van der Waals surface area contributed by atoms with Crippen molar-refractivity contribution in [2.24, 2.45) is 0 Å². The fourth-order valence-electron chi connectivity index (χ4n) is 1.50. The average Bonchev–Trinajstić information content (AvgIpc) is 2.28. The van der Waals surface area contributed by atoms with Gasteiger partial charge in [-0.05, 0) is 18.6 Å². The van der Waals surface area contributed by atoms with Crippen LogP contribution in [-0.2, 0) is 10.0 Å². The highest BCUT2D eigenvalue weighted by molar-refractivity contribution is 7.88. The van der Waals surface area contributed by atoms with Gasteiger partial charge in [-0.15, -0.1) is 0 Å². The molecule has 0 unspecified atom stereocenters. The summed E-state index contributed by atoms with van der Waals surface area (Å²) >= 11 is 0. The molecule has 6 heteroatoms. The van der Waals surface area contributed by atoms with Gasteiger partial charge in [0.2, 0.25) is 10.0 Å². The molecule has 0 aromatic carbocycles. The first-order chi connectivity index (χ1) is 8.04. The Kier molecular flexibility index (Phi) is 5.37. The van der Waals surface area contributed by atoms with Crippen molar-refractivity contribution in [3.05, 3.63) is 24.4 Å². The quantitative estimate of drug-likeness (QED) is 0.745. The van der Waals surface area contributed by atoms with E-state index in [1.807, 2.05) is 25.1 Å². The van der Waals surface area contributed by atoms with E-state index in [4.69, 9.17) is 0 Å². The van der Waals surface area contributed by atoms with E-state index in [-0.39, 0.29) is 0 Å². The lowest BCUT2D eigenvalue weighted by atomic mass is 10.4. The molecule has 1 N–H and O–H groups in total. The normalized spacial score (nSPS) is 11.7. The highest BCUT2D eigenvalue weighted by Gasteiger charge is 2.12. The molecule has 0 saturated heterocycles. The molecule has 1 heterocycles. The smallest absolute Gasteiger partial charge is 0.211 e. The Bertz CT molecular complexity index is 420. The molecule has 0 aliphatic rings. The summed E-state index contributed by atoms with van der Waals surface area (Å²) in [6.07, 6.45) is 3.72. The molecule has 1 rings (SSSR count). The lowest BCUT2D eigenvalue weighted by molar-refractivity contribution is 0.428. The lowest BCUT2D eigenvalue weighted by Gasteiger charge is -2.17. The van der Waals surface area contributed by atoms with E-state index < -0.39 is 10.0 Å². The van der Waals surface area contributed by atoms with E-state index >= 15 is 0 Å². The molecule has 96 valence electrons.